The number of piperidine rings is 1. The van der Waals surface area contributed by atoms with Crippen molar-refractivity contribution < 1.29 is 9.59 Å². The number of carbonyl (C=O) groups is 2. The number of anilines is 1. The van der Waals surface area contributed by atoms with Crippen molar-refractivity contribution in [3.8, 4) is 0 Å². The molecule has 1 aliphatic rings. The second-order valence-electron chi connectivity index (χ2n) is 6.03. The van der Waals surface area contributed by atoms with Gasteiger partial charge in [-0.1, -0.05) is 11.6 Å². The lowest BCUT2D eigenvalue weighted by atomic mass is 9.92. The van der Waals surface area contributed by atoms with Gasteiger partial charge < -0.3 is 16.0 Å². The maximum absolute atomic E-state index is 12.1. The van der Waals surface area contributed by atoms with E-state index in [1.54, 1.807) is 24.3 Å². The van der Waals surface area contributed by atoms with Crippen molar-refractivity contribution in [1.82, 2.24) is 10.6 Å². The summed E-state index contributed by atoms with van der Waals surface area (Å²) in [5.74, 6) is 0.141. The first-order chi connectivity index (χ1) is 11.0. The standard InChI is InChI=1S/C17H24ClN3O2/c1-12-11-13(8-10-19-12)17(23)20-9-2-3-16(22)21-15-6-4-14(18)5-7-15/h4-7,12-13,19H,2-3,8-11H2,1H3,(H,20,23)(H,21,22)/t12-,13-/m0/s1. The summed E-state index contributed by atoms with van der Waals surface area (Å²) in [5.41, 5.74) is 0.729. The van der Waals surface area contributed by atoms with Crippen LogP contribution in [0.4, 0.5) is 5.69 Å². The number of benzene rings is 1. The molecule has 1 saturated heterocycles. The van der Waals surface area contributed by atoms with Gasteiger partial charge in [-0.15, -0.1) is 0 Å². The molecule has 2 atom stereocenters. The molecule has 2 rings (SSSR count). The number of halogens is 1. The normalized spacial score (nSPS) is 20.8. The summed E-state index contributed by atoms with van der Waals surface area (Å²) in [7, 11) is 0. The van der Waals surface area contributed by atoms with E-state index >= 15 is 0 Å². The molecule has 5 nitrogen and oxygen atoms in total. The molecule has 1 fully saturated rings. The summed E-state index contributed by atoms with van der Waals surface area (Å²) in [6.45, 7) is 3.52. The summed E-state index contributed by atoms with van der Waals surface area (Å²) >= 11 is 5.80. The van der Waals surface area contributed by atoms with Crippen LogP contribution >= 0.6 is 11.6 Å². The van der Waals surface area contributed by atoms with E-state index < -0.39 is 0 Å². The van der Waals surface area contributed by atoms with Gasteiger partial charge in [-0.25, -0.2) is 0 Å². The molecule has 1 aromatic carbocycles. The van der Waals surface area contributed by atoms with Crippen molar-refractivity contribution >= 4 is 29.1 Å². The Morgan fingerprint density at radius 1 is 1.30 bits per heavy atom. The average Bonchev–Trinajstić information content (AvgIpc) is 2.53. The lowest BCUT2D eigenvalue weighted by molar-refractivity contribution is -0.126. The van der Waals surface area contributed by atoms with Crippen LogP contribution in [-0.4, -0.2) is 30.9 Å². The highest BCUT2D eigenvalue weighted by molar-refractivity contribution is 6.30. The molecule has 0 aromatic heterocycles. The van der Waals surface area contributed by atoms with Crippen LogP contribution in [0.15, 0.2) is 24.3 Å². The zero-order valence-corrected chi connectivity index (χ0v) is 14.2. The molecule has 1 aromatic rings. The first kappa shape index (κ1) is 17.8. The minimum Gasteiger partial charge on any atom is -0.356 e. The minimum atomic E-state index is -0.0583. The van der Waals surface area contributed by atoms with Crippen molar-refractivity contribution in [3.63, 3.8) is 0 Å². The number of amides is 2. The molecular weight excluding hydrogens is 314 g/mol. The molecule has 0 aliphatic carbocycles. The summed E-state index contributed by atoms with van der Waals surface area (Å²) in [5, 5.41) is 9.71. The van der Waals surface area contributed by atoms with Gasteiger partial charge in [0.2, 0.25) is 11.8 Å². The van der Waals surface area contributed by atoms with Crippen molar-refractivity contribution in [2.45, 2.75) is 38.6 Å². The van der Waals surface area contributed by atoms with Gasteiger partial charge in [-0.3, -0.25) is 9.59 Å². The predicted octanol–water partition coefficient (Wildman–Crippen LogP) is 2.56. The predicted molar refractivity (Wildman–Crippen MR) is 92.5 cm³/mol. The lowest BCUT2D eigenvalue weighted by Gasteiger charge is -2.27. The highest BCUT2D eigenvalue weighted by atomic mass is 35.5. The van der Waals surface area contributed by atoms with Gasteiger partial charge in [-0.2, -0.15) is 0 Å². The summed E-state index contributed by atoms with van der Waals surface area (Å²) in [4.78, 5) is 23.9. The van der Waals surface area contributed by atoms with Crippen molar-refractivity contribution in [3.05, 3.63) is 29.3 Å². The topological polar surface area (TPSA) is 70.2 Å². The SMILES string of the molecule is C[C@H]1C[C@@H](C(=O)NCCCC(=O)Nc2ccc(Cl)cc2)CCN1. The fourth-order valence-electron chi connectivity index (χ4n) is 2.73. The molecule has 0 unspecified atom stereocenters. The molecule has 1 aliphatic heterocycles. The van der Waals surface area contributed by atoms with E-state index in [0.29, 0.717) is 30.5 Å². The minimum absolute atomic E-state index is 0.0583. The number of carbonyl (C=O) groups excluding carboxylic acids is 2. The average molecular weight is 338 g/mol. The number of hydrogen-bond donors (Lipinski definition) is 3. The molecule has 1 heterocycles. The zero-order valence-electron chi connectivity index (χ0n) is 13.4. The highest BCUT2D eigenvalue weighted by Crippen LogP contribution is 2.16. The molecule has 126 valence electrons. The van der Waals surface area contributed by atoms with Crippen molar-refractivity contribution in [2.75, 3.05) is 18.4 Å². The van der Waals surface area contributed by atoms with Crippen LogP contribution in [-0.2, 0) is 9.59 Å². The van der Waals surface area contributed by atoms with Gasteiger partial charge >= 0.3 is 0 Å². The van der Waals surface area contributed by atoms with Crippen LogP contribution in [0.25, 0.3) is 0 Å². The van der Waals surface area contributed by atoms with E-state index in [2.05, 4.69) is 22.9 Å². The highest BCUT2D eigenvalue weighted by Gasteiger charge is 2.24. The molecule has 3 N–H and O–H groups in total. The lowest BCUT2D eigenvalue weighted by Crippen LogP contribution is -2.42. The second-order valence-corrected chi connectivity index (χ2v) is 6.46. The van der Waals surface area contributed by atoms with Gasteiger partial charge in [0.05, 0.1) is 0 Å². The maximum atomic E-state index is 12.1. The Morgan fingerprint density at radius 2 is 2.04 bits per heavy atom. The molecular formula is C17H24ClN3O2. The van der Waals surface area contributed by atoms with Crippen LogP contribution in [0.5, 0.6) is 0 Å². The maximum Gasteiger partial charge on any atom is 0.224 e. The second kappa shape index (κ2) is 8.89. The van der Waals surface area contributed by atoms with Crippen LogP contribution < -0.4 is 16.0 Å². The third-order valence-electron chi connectivity index (χ3n) is 4.00. The van der Waals surface area contributed by atoms with Crippen LogP contribution in [0.3, 0.4) is 0 Å². The molecule has 23 heavy (non-hydrogen) atoms. The number of nitrogens with one attached hydrogen (secondary N) is 3. The van der Waals surface area contributed by atoms with Gasteiger partial charge in [0.25, 0.3) is 0 Å². The quantitative estimate of drug-likeness (QED) is 0.699. The Balaban J connectivity index is 1.62. The van der Waals surface area contributed by atoms with E-state index in [9.17, 15) is 9.59 Å². The smallest absolute Gasteiger partial charge is 0.224 e. The Kier molecular flexibility index (Phi) is 6.86. The fourth-order valence-corrected chi connectivity index (χ4v) is 2.86. The van der Waals surface area contributed by atoms with Crippen LogP contribution in [0.2, 0.25) is 5.02 Å². The van der Waals surface area contributed by atoms with E-state index in [4.69, 9.17) is 11.6 Å². The number of rotatable bonds is 6. The first-order valence-electron chi connectivity index (χ1n) is 8.11. The third kappa shape index (κ3) is 6.20. The Morgan fingerprint density at radius 3 is 2.74 bits per heavy atom. The van der Waals surface area contributed by atoms with Crippen LogP contribution in [0.1, 0.15) is 32.6 Å². The van der Waals surface area contributed by atoms with E-state index in [1.807, 2.05) is 0 Å². The molecule has 2 amide bonds. The van der Waals surface area contributed by atoms with E-state index in [0.717, 1.165) is 25.1 Å². The van der Waals surface area contributed by atoms with Gasteiger partial charge in [0, 0.05) is 35.6 Å². The molecule has 6 heteroatoms. The molecule has 0 radical (unpaired) electrons. The Bertz CT molecular complexity index is 533. The van der Waals surface area contributed by atoms with Gasteiger partial charge in [0.15, 0.2) is 0 Å². The fraction of sp³-hybridized carbons (Fsp3) is 0.529. The first-order valence-corrected chi connectivity index (χ1v) is 8.49. The van der Waals surface area contributed by atoms with Crippen molar-refractivity contribution in [2.24, 2.45) is 5.92 Å². The molecule has 0 bridgehead atoms. The number of hydrogen-bond acceptors (Lipinski definition) is 3. The summed E-state index contributed by atoms with van der Waals surface area (Å²) in [6, 6.07) is 7.39. The van der Waals surface area contributed by atoms with Crippen LogP contribution in [0, 0.1) is 5.92 Å². The third-order valence-corrected chi connectivity index (χ3v) is 4.25. The Labute approximate surface area is 142 Å². The van der Waals surface area contributed by atoms with Gasteiger partial charge in [0.1, 0.15) is 0 Å². The molecule has 0 saturated carbocycles. The Hall–Kier alpha value is -1.59. The molecule has 0 spiro atoms. The van der Waals surface area contributed by atoms with Gasteiger partial charge in [-0.05, 0) is 57.0 Å². The van der Waals surface area contributed by atoms with E-state index in [1.165, 1.54) is 0 Å². The zero-order chi connectivity index (χ0) is 16.7. The monoisotopic (exact) mass is 337 g/mol. The van der Waals surface area contributed by atoms with E-state index in [-0.39, 0.29) is 17.7 Å². The summed E-state index contributed by atoms with van der Waals surface area (Å²) < 4.78 is 0. The summed E-state index contributed by atoms with van der Waals surface area (Å²) in [6.07, 6.45) is 2.77. The van der Waals surface area contributed by atoms with Crippen molar-refractivity contribution in [1.29, 1.82) is 0 Å². The largest absolute Gasteiger partial charge is 0.356 e.